The van der Waals surface area contributed by atoms with Crippen LogP contribution >= 0.6 is 23.1 Å². The molecule has 0 saturated heterocycles. The summed E-state index contributed by atoms with van der Waals surface area (Å²) in [5.41, 5.74) is 3.32. The van der Waals surface area contributed by atoms with Gasteiger partial charge >= 0.3 is 5.97 Å². The summed E-state index contributed by atoms with van der Waals surface area (Å²) in [4.78, 5) is 39.8. The Morgan fingerprint density at radius 3 is 2.76 bits per heavy atom. The number of rotatable bonds is 10. The van der Waals surface area contributed by atoms with Crippen molar-refractivity contribution >= 4 is 45.9 Å². The molecule has 0 aliphatic heterocycles. The summed E-state index contributed by atoms with van der Waals surface area (Å²) >= 11 is 2.70. The van der Waals surface area contributed by atoms with Crippen LogP contribution in [0.1, 0.15) is 69.4 Å². The van der Waals surface area contributed by atoms with Crippen molar-refractivity contribution in [1.29, 1.82) is 0 Å². The van der Waals surface area contributed by atoms with Gasteiger partial charge in [-0.1, -0.05) is 23.9 Å². The molecule has 0 fully saturated rings. The minimum absolute atomic E-state index is 0.102. The van der Waals surface area contributed by atoms with E-state index in [2.05, 4.69) is 20.8 Å². The Kier molecular flexibility index (Phi) is 8.89. The number of nitrogens with one attached hydrogen (secondary N) is 2. The minimum atomic E-state index is -0.567. The number of hydrogen-bond acceptors (Lipinski definition) is 9. The zero-order valence-electron chi connectivity index (χ0n) is 23.1. The second-order valence-electron chi connectivity index (χ2n) is 9.62. The number of hydrogen-bond donors (Lipinski definition) is 2. The molecule has 10 nitrogen and oxygen atoms in total. The Morgan fingerprint density at radius 2 is 2.00 bits per heavy atom. The highest BCUT2D eigenvalue weighted by molar-refractivity contribution is 8.00. The van der Waals surface area contributed by atoms with Crippen molar-refractivity contribution in [1.82, 2.24) is 20.1 Å². The number of nitrogens with zero attached hydrogens (tertiary/aromatic N) is 3. The third-order valence-corrected chi connectivity index (χ3v) is 8.90. The van der Waals surface area contributed by atoms with Gasteiger partial charge in [0.2, 0.25) is 5.91 Å². The van der Waals surface area contributed by atoms with Crippen molar-refractivity contribution in [2.24, 2.45) is 0 Å². The van der Waals surface area contributed by atoms with Crippen LogP contribution < -0.4 is 10.6 Å². The van der Waals surface area contributed by atoms with Gasteiger partial charge in [-0.2, -0.15) is 0 Å². The van der Waals surface area contributed by atoms with E-state index in [1.165, 1.54) is 29.4 Å². The molecule has 4 aromatic rings. The first-order valence-electron chi connectivity index (χ1n) is 13.5. The largest absolute Gasteiger partial charge is 0.462 e. The number of carbonyl (C=O) groups is 3. The van der Waals surface area contributed by atoms with Gasteiger partial charge in [0.25, 0.3) is 5.91 Å². The molecule has 2 N–H and O–H groups in total. The average Bonchev–Trinajstić information content (AvgIpc) is 3.70. The Balaban J connectivity index is 1.37. The highest BCUT2D eigenvalue weighted by Gasteiger charge is 2.29. The van der Waals surface area contributed by atoms with Crippen molar-refractivity contribution in [2.75, 3.05) is 11.9 Å². The molecular weight excluding hydrogens is 562 g/mol. The second kappa shape index (κ2) is 12.7. The number of fused-ring (bicyclic) bond motifs is 1. The van der Waals surface area contributed by atoms with E-state index in [1.54, 1.807) is 26.0 Å². The molecule has 12 heteroatoms. The van der Waals surface area contributed by atoms with Gasteiger partial charge < -0.3 is 19.8 Å². The number of anilines is 1. The number of esters is 1. The van der Waals surface area contributed by atoms with Crippen LogP contribution in [0, 0.1) is 6.92 Å². The summed E-state index contributed by atoms with van der Waals surface area (Å²) in [7, 11) is 0. The fourth-order valence-corrected chi connectivity index (χ4v) is 6.84. The summed E-state index contributed by atoms with van der Waals surface area (Å²) < 4.78 is 12.3. The first kappa shape index (κ1) is 28.6. The molecule has 214 valence electrons. The summed E-state index contributed by atoms with van der Waals surface area (Å²) in [6.45, 7) is 5.91. The van der Waals surface area contributed by atoms with E-state index in [-0.39, 0.29) is 30.7 Å². The summed E-state index contributed by atoms with van der Waals surface area (Å²) in [6, 6.07) is 11.0. The van der Waals surface area contributed by atoms with E-state index in [0.29, 0.717) is 21.5 Å². The van der Waals surface area contributed by atoms with Crippen LogP contribution in [0.3, 0.4) is 0 Å². The highest BCUT2D eigenvalue weighted by Crippen LogP contribution is 2.39. The van der Waals surface area contributed by atoms with E-state index in [4.69, 9.17) is 9.15 Å². The standard InChI is InChI=1S/C29H31N5O5S2/c1-4-38-28(37)24-20-11-5-6-13-22(20)41-27(24)31-25(35)18(3)40-29-33-32-23(16-30-26(36)21-12-8-14-39-21)34(29)19-10-7-9-17(2)15-19/h7-10,12,14-15,18H,4-6,11,13,16H2,1-3H3,(H,30,36)(H,31,35)/t18-/m0/s1. The number of amides is 2. The lowest BCUT2D eigenvalue weighted by molar-refractivity contribution is -0.115. The van der Waals surface area contributed by atoms with Crippen LogP contribution in [-0.4, -0.2) is 44.4 Å². The molecular formula is C29H31N5O5S2. The smallest absolute Gasteiger partial charge is 0.341 e. The summed E-state index contributed by atoms with van der Waals surface area (Å²) in [6.07, 6.45) is 5.21. The Morgan fingerprint density at radius 1 is 1.17 bits per heavy atom. The highest BCUT2D eigenvalue weighted by atomic mass is 32.2. The molecule has 3 aromatic heterocycles. The number of benzene rings is 1. The van der Waals surface area contributed by atoms with Crippen molar-refractivity contribution in [3.63, 3.8) is 0 Å². The maximum absolute atomic E-state index is 13.4. The molecule has 0 saturated carbocycles. The fraction of sp³-hybridized carbons (Fsp3) is 0.345. The summed E-state index contributed by atoms with van der Waals surface area (Å²) in [5.74, 6) is -0.328. The topological polar surface area (TPSA) is 128 Å². The van der Waals surface area contributed by atoms with E-state index in [9.17, 15) is 14.4 Å². The number of aryl methyl sites for hydroxylation is 2. The van der Waals surface area contributed by atoms with Crippen molar-refractivity contribution in [3.05, 3.63) is 75.8 Å². The lowest BCUT2D eigenvalue weighted by atomic mass is 9.95. The van der Waals surface area contributed by atoms with Gasteiger partial charge in [0.15, 0.2) is 16.7 Å². The predicted molar refractivity (Wildman–Crippen MR) is 157 cm³/mol. The van der Waals surface area contributed by atoms with E-state index in [0.717, 1.165) is 47.4 Å². The molecule has 5 rings (SSSR count). The SMILES string of the molecule is CCOC(=O)c1c(NC(=O)[C@H](C)Sc2nnc(CNC(=O)c3ccco3)n2-c2cccc(C)c2)sc2c1CCCC2. The lowest BCUT2D eigenvalue weighted by Crippen LogP contribution is -2.25. The fourth-order valence-electron chi connectivity index (χ4n) is 4.67. The molecule has 1 aromatic carbocycles. The minimum Gasteiger partial charge on any atom is -0.462 e. The normalized spacial score (nSPS) is 13.3. The van der Waals surface area contributed by atoms with Gasteiger partial charge in [-0.3, -0.25) is 14.2 Å². The Hall–Kier alpha value is -3.90. The van der Waals surface area contributed by atoms with Gasteiger partial charge in [0.05, 0.1) is 30.2 Å². The number of aromatic nitrogens is 3. The monoisotopic (exact) mass is 593 g/mol. The van der Waals surface area contributed by atoms with E-state index < -0.39 is 11.2 Å². The van der Waals surface area contributed by atoms with Crippen molar-refractivity contribution in [3.8, 4) is 5.69 Å². The van der Waals surface area contributed by atoms with Crippen molar-refractivity contribution in [2.45, 2.75) is 63.4 Å². The first-order chi connectivity index (χ1) is 19.9. The molecule has 0 unspecified atom stereocenters. The molecule has 0 spiro atoms. The van der Waals surface area contributed by atoms with Gasteiger partial charge in [-0.15, -0.1) is 21.5 Å². The van der Waals surface area contributed by atoms with Crippen LogP contribution in [-0.2, 0) is 28.9 Å². The van der Waals surface area contributed by atoms with Crippen LogP contribution in [0.25, 0.3) is 5.69 Å². The Bertz CT molecular complexity index is 1560. The van der Waals surface area contributed by atoms with Gasteiger partial charge in [-0.05, 0) is 81.8 Å². The van der Waals surface area contributed by atoms with Crippen LogP contribution in [0.2, 0.25) is 0 Å². The third kappa shape index (κ3) is 6.38. The maximum Gasteiger partial charge on any atom is 0.341 e. The molecule has 1 aliphatic carbocycles. The van der Waals surface area contributed by atoms with Crippen LogP contribution in [0.4, 0.5) is 5.00 Å². The second-order valence-corrected chi connectivity index (χ2v) is 12.0. The number of thiophene rings is 1. The maximum atomic E-state index is 13.4. The van der Waals surface area contributed by atoms with Gasteiger partial charge in [0, 0.05) is 10.6 Å². The van der Waals surface area contributed by atoms with Crippen molar-refractivity contribution < 1.29 is 23.5 Å². The van der Waals surface area contributed by atoms with Crippen LogP contribution in [0.15, 0.2) is 52.2 Å². The number of carbonyl (C=O) groups excluding carboxylic acids is 3. The van der Waals surface area contributed by atoms with Crippen LogP contribution in [0.5, 0.6) is 0 Å². The molecule has 1 aliphatic rings. The van der Waals surface area contributed by atoms with E-state index in [1.807, 2.05) is 35.8 Å². The lowest BCUT2D eigenvalue weighted by Gasteiger charge is -2.15. The number of ether oxygens (including phenoxy) is 1. The average molecular weight is 594 g/mol. The number of thioether (sulfide) groups is 1. The Labute approximate surface area is 245 Å². The molecule has 0 radical (unpaired) electrons. The molecule has 2 amide bonds. The third-order valence-electron chi connectivity index (χ3n) is 6.65. The first-order valence-corrected chi connectivity index (χ1v) is 15.2. The molecule has 41 heavy (non-hydrogen) atoms. The zero-order valence-corrected chi connectivity index (χ0v) is 24.7. The quantitative estimate of drug-likeness (QED) is 0.186. The molecule has 3 heterocycles. The summed E-state index contributed by atoms with van der Waals surface area (Å²) in [5, 5.41) is 15.0. The zero-order chi connectivity index (χ0) is 28.9. The predicted octanol–water partition coefficient (Wildman–Crippen LogP) is 5.34. The number of furan rings is 1. The van der Waals surface area contributed by atoms with Gasteiger partial charge in [0.1, 0.15) is 5.00 Å². The molecule has 1 atom stereocenters. The molecule has 0 bridgehead atoms. The van der Waals surface area contributed by atoms with Gasteiger partial charge in [-0.25, -0.2) is 4.79 Å². The van der Waals surface area contributed by atoms with E-state index >= 15 is 0 Å².